The van der Waals surface area contributed by atoms with E-state index < -0.39 is 55.3 Å². The predicted octanol–water partition coefficient (Wildman–Crippen LogP) is 6.05. The largest absolute Gasteiger partial charge is 0.449 e. The Morgan fingerprint density at radius 1 is 0.700 bits per heavy atom. The van der Waals surface area contributed by atoms with Gasteiger partial charge in [0.05, 0.1) is 12.3 Å². The van der Waals surface area contributed by atoms with E-state index in [9.17, 15) is 19.5 Å². The Bertz CT molecular complexity index is 2080. The van der Waals surface area contributed by atoms with Gasteiger partial charge in [-0.3, -0.25) is 5.32 Å². The van der Waals surface area contributed by atoms with E-state index in [0.717, 1.165) is 21.9 Å². The molecule has 12 nitrogen and oxygen atoms in total. The molecule has 1 amide bonds. The smallest absolute Gasteiger partial charge is 0.412 e. The van der Waals surface area contributed by atoms with E-state index in [1.165, 1.54) is 7.11 Å². The first-order chi connectivity index (χ1) is 24.4. The number of H-pyrrole nitrogens is 2. The van der Waals surface area contributed by atoms with Gasteiger partial charge in [-0.05, 0) is 35.9 Å². The van der Waals surface area contributed by atoms with E-state index in [4.69, 9.17) is 23.7 Å². The van der Waals surface area contributed by atoms with Crippen LogP contribution in [0.4, 0.5) is 10.5 Å². The van der Waals surface area contributed by atoms with Gasteiger partial charge in [0.1, 0.15) is 17.5 Å². The molecule has 1 aliphatic heterocycles. The van der Waals surface area contributed by atoms with Crippen molar-refractivity contribution in [3.8, 4) is 11.1 Å². The van der Waals surface area contributed by atoms with Crippen LogP contribution >= 0.6 is 0 Å². The fourth-order valence-electron chi connectivity index (χ4n) is 6.08. The summed E-state index contributed by atoms with van der Waals surface area (Å²) in [4.78, 5) is 46.9. The van der Waals surface area contributed by atoms with Gasteiger partial charge in [0, 0.05) is 34.5 Å². The first-order valence-corrected chi connectivity index (χ1v) is 15.9. The second kappa shape index (κ2) is 14.3. The average molecular weight is 676 g/mol. The van der Waals surface area contributed by atoms with Crippen LogP contribution in [0.1, 0.15) is 21.0 Å². The van der Waals surface area contributed by atoms with Crippen LogP contribution < -0.4 is 5.32 Å². The van der Waals surface area contributed by atoms with Crippen LogP contribution in [0.25, 0.3) is 32.9 Å². The van der Waals surface area contributed by atoms with E-state index in [0.29, 0.717) is 16.7 Å². The highest BCUT2D eigenvalue weighted by atomic mass is 16.7. The molecule has 6 aromatic rings. The number of fused-ring (bicyclic) bond motifs is 2. The van der Waals surface area contributed by atoms with Crippen LogP contribution in [0.3, 0.4) is 0 Å². The molecule has 12 heteroatoms. The van der Waals surface area contributed by atoms with Crippen molar-refractivity contribution in [1.82, 2.24) is 9.97 Å². The average Bonchev–Trinajstić information content (AvgIpc) is 3.79. The summed E-state index contributed by atoms with van der Waals surface area (Å²) in [6.07, 6.45) is -7.87. The van der Waals surface area contributed by atoms with Crippen molar-refractivity contribution in [2.45, 2.75) is 30.7 Å². The summed E-state index contributed by atoms with van der Waals surface area (Å²) in [7, 11) is 1.31. The zero-order chi connectivity index (χ0) is 34.6. The molecule has 0 saturated carbocycles. The molecule has 3 heterocycles. The maximum absolute atomic E-state index is 13.7. The highest BCUT2D eigenvalue weighted by molar-refractivity contribution is 5.96. The second-order valence-electron chi connectivity index (χ2n) is 11.6. The Morgan fingerprint density at radius 2 is 1.26 bits per heavy atom. The van der Waals surface area contributed by atoms with Gasteiger partial charge in [0.15, 0.2) is 24.6 Å². The fraction of sp³-hybridized carbons (Fsp3) is 0.184. The highest BCUT2D eigenvalue weighted by Gasteiger charge is 2.53. The summed E-state index contributed by atoms with van der Waals surface area (Å²) < 4.78 is 29.3. The number of aromatic amines is 2. The number of hydrogen-bond acceptors (Lipinski definition) is 9. The van der Waals surface area contributed by atoms with E-state index in [1.54, 1.807) is 30.3 Å². The second-order valence-corrected chi connectivity index (χ2v) is 11.6. The summed E-state index contributed by atoms with van der Waals surface area (Å²) in [5, 5.41) is 14.7. The molecule has 1 aliphatic rings. The molecule has 0 radical (unpaired) electrons. The molecule has 0 aliphatic carbocycles. The standard InChI is InChI=1S/C38H33N3O9/c1-46-37-34(49-36(44)30-20-24-14-6-9-17-27(24)40-30)33(48-35(43)29-19-23-13-5-8-16-26(23)39-29)32(31(21-42)47-37)50-38(45)41-28-18-10-7-15-25(28)22-11-3-2-4-12-22/h2-20,31-34,37,39-40,42H,21H2,1H3,(H,41,45)/t31-,32-,33+,34+,37+/m1/s1. The number of rotatable bonds is 9. The Morgan fingerprint density at radius 3 is 1.86 bits per heavy atom. The number of carbonyl (C=O) groups excluding carboxylic acids is 3. The number of nitrogens with one attached hydrogen (secondary N) is 3. The van der Waals surface area contributed by atoms with Crippen LogP contribution in [0.5, 0.6) is 0 Å². The van der Waals surface area contributed by atoms with Gasteiger partial charge in [0.25, 0.3) is 0 Å². The maximum Gasteiger partial charge on any atom is 0.412 e. The molecule has 0 bridgehead atoms. The summed E-state index contributed by atoms with van der Waals surface area (Å²) in [6.45, 7) is -0.651. The van der Waals surface area contributed by atoms with Crippen LogP contribution in [-0.2, 0) is 23.7 Å². The Kier molecular flexibility index (Phi) is 9.30. The highest BCUT2D eigenvalue weighted by Crippen LogP contribution is 2.32. The maximum atomic E-state index is 13.7. The minimum absolute atomic E-state index is 0.105. The summed E-state index contributed by atoms with van der Waals surface area (Å²) in [5.74, 6) is -1.62. The molecule has 5 atom stereocenters. The number of methoxy groups -OCH3 is 1. The number of anilines is 1. The first-order valence-electron chi connectivity index (χ1n) is 15.9. The van der Waals surface area contributed by atoms with Crippen molar-refractivity contribution in [2.75, 3.05) is 19.0 Å². The minimum atomic E-state index is -1.49. The van der Waals surface area contributed by atoms with Gasteiger partial charge in [-0.15, -0.1) is 0 Å². The van der Waals surface area contributed by atoms with Crippen LogP contribution in [0.2, 0.25) is 0 Å². The SMILES string of the molecule is CO[C@H]1O[C@H](CO)[C@@H](OC(=O)Nc2ccccc2-c2ccccc2)[C@H](OC(=O)c2cc3ccccc3[nH]2)[C@@H]1OC(=O)c1cc2ccccc2[nH]1. The van der Waals surface area contributed by atoms with Crippen molar-refractivity contribution >= 4 is 45.5 Å². The summed E-state index contributed by atoms with van der Waals surface area (Å²) >= 11 is 0. The Hall–Kier alpha value is -5.95. The van der Waals surface area contributed by atoms with Crippen molar-refractivity contribution in [2.24, 2.45) is 0 Å². The molecule has 0 unspecified atom stereocenters. The molecule has 1 saturated heterocycles. The topological polar surface area (TPSA) is 161 Å². The normalized spacial score (nSPS) is 20.3. The zero-order valence-corrected chi connectivity index (χ0v) is 26.8. The Balaban J connectivity index is 1.21. The Labute approximate surface area is 285 Å². The lowest BCUT2D eigenvalue weighted by atomic mass is 9.98. The van der Waals surface area contributed by atoms with Crippen LogP contribution in [0, 0.1) is 0 Å². The quantitative estimate of drug-likeness (QED) is 0.106. The number of hydrogen-bond donors (Lipinski definition) is 4. The van der Waals surface area contributed by atoms with Crippen molar-refractivity contribution in [3.63, 3.8) is 0 Å². The molecule has 50 heavy (non-hydrogen) atoms. The number of amides is 1. The minimum Gasteiger partial charge on any atom is -0.449 e. The summed E-state index contributed by atoms with van der Waals surface area (Å²) in [5.41, 5.74) is 3.67. The predicted molar refractivity (Wildman–Crippen MR) is 184 cm³/mol. The molecule has 4 N–H and O–H groups in total. The zero-order valence-electron chi connectivity index (χ0n) is 26.8. The molecular weight excluding hydrogens is 642 g/mol. The lowest BCUT2D eigenvalue weighted by Crippen LogP contribution is -2.63. The number of para-hydroxylation sites is 3. The third kappa shape index (κ3) is 6.67. The number of aromatic nitrogens is 2. The van der Waals surface area contributed by atoms with E-state index in [-0.39, 0.29) is 11.4 Å². The van der Waals surface area contributed by atoms with Crippen LogP contribution in [-0.4, -0.2) is 77.5 Å². The number of carbonyl (C=O) groups is 3. The van der Waals surface area contributed by atoms with Crippen molar-refractivity contribution in [1.29, 1.82) is 0 Å². The molecule has 2 aromatic heterocycles. The summed E-state index contributed by atoms with van der Waals surface area (Å²) in [6, 6.07) is 34.4. The molecule has 7 rings (SSSR count). The van der Waals surface area contributed by atoms with Crippen LogP contribution in [0.15, 0.2) is 115 Å². The van der Waals surface area contributed by atoms with Crippen molar-refractivity contribution < 1.29 is 43.2 Å². The molecule has 1 fully saturated rings. The number of aliphatic hydroxyl groups excluding tert-OH is 1. The molecule has 4 aromatic carbocycles. The van der Waals surface area contributed by atoms with Gasteiger partial charge < -0.3 is 38.8 Å². The molecule has 0 spiro atoms. The fourth-order valence-corrected chi connectivity index (χ4v) is 6.08. The first kappa shape index (κ1) is 32.6. The van der Waals surface area contributed by atoms with Crippen molar-refractivity contribution in [3.05, 3.63) is 127 Å². The molecular formula is C38H33N3O9. The lowest BCUT2D eigenvalue weighted by Gasteiger charge is -2.43. The number of ether oxygens (including phenoxy) is 5. The number of benzene rings is 4. The monoisotopic (exact) mass is 675 g/mol. The third-order valence-electron chi connectivity index (χ3n) is 8.48. The number of aliphatic hydroxyl groups is 1. The van der Waals surface area contributed by atoms with E-state index >= 15 is 0 Å². The van der Waals surface area contributed by atoms with E-state index in [2.05, 4.69) is 15.3 Å². The third-order valence-corrected chi connectivity index (χ3v) is 8.48. The van der Waals surface area contributed by atoms with E-state index in [1.807, 2.05) is 84.9 Å². The van der Waals surface area contributed by atoms with Gasteiger partial charge in [-0.2, -0.15) is 0 Å². The lowest BCUT2D eigenvalue weighted by molar-refractivity contribution is -0.291. The van der Waals surface area contributed by atoms with Gasteiger partial charge >= 0.3 is 18.0 Å². The molecule has 254 valence electrons. The number of esters is 2. The van der Waals surface area contributed by atoms with Gasteiger partial charge in [-0.1, -0.05) is 84.9 Å². The van der Waals surface area contributed by atoms with Gasteiger partial charge in [0.2, 0.25) is 0 Å². The van der Waals surface area contributed by atoms with Gasteiger partial charge in [-0.25, -0.2) is 14.4 Å².